The number of piperidine rings is 1. The van der Waals surface area contributed by atoms with Crippen LogP contribution >= 0.6 is 15.9 Å². The lowest BCUT2D eigenvalue weighted by molar-refractivity contribution is 0.246. The second-order valence-electron chi connectivity index (χ2n) is 3.86. The highest BCUT2D eigenvalue weighted by Crippen LogP contribution is 2.20. The van der Waals surface area contributed by atoms with Gasteiger partial charge >= 0.3 is 0 Å². The molecule has 2 aliphatic rings. The van der Waals surface area contributed by atoms with Gasteiger partial charge in [-0.05, 0) is 41.9 Å². The average molecular weight is 293 g/mol. The van der Waals surface area contributed by atoms with E-state index in [4.69, 9.17) is 0 Å². The highest BCUT2D eigenvalue weighted by molar-refractivity contribution is 9.21. The van der Waals surface area contributed by atoms with Crippen molar-refractivity contribution in [2.24, 2.45) is 4.99 Å². The van der Waals surface area contributed by atoms with Crippen molar-refractivity contribution >= 4 is 29.7 Å². The average Bonchev–Trinajstić information content (AvgIpc) is 2.42. The lowest BCUT2D eigenvalue weighted by Crippen LogP contribution is -2.31. The lowest BCUT2D eigenvalue weighted by atomic mass is 10.1. The fourth-order valence-electron chi connectivity index (χ4n) is 1.85. The minimum Gasteiger partial charge on any atom is -0.297 e. The SMILES string of the molecule is O=S1(=O)C=C(CN2CCCCC2)N=C1Br. The topological polar surface area (TPSA) is 49.7 Å². The van der Waals surface area contributed by atoms with Gasteiger partial charge in [-0.15, -0.1) is 0 Å². The van der Waals surface area contributed by atoms with Gasteiger partial charge in [0.05, 0.1) is 11.1 Å². The molecule has 2 aliphatic heterocycles. The molecule has 0 amide bonds. The summed E-state index contributed by atoms with van der Waals surface area (Å²) in [6.45, 7) is 2.74. The molecule has 15 heavy (non-hydrogen) atoms. The zero-order chi connectivity index (χ0) is 10.9. The Hall–Kier alpha value is -0.200. The molecule has 4 nitrogen and oxygen atoms in total. The number of aliphatic imine (C=N–C) groups is 1. The molecular formula is C9H13BrN2O2S. The summed E-state index contributed by atoms with van der Waals surface area (Å²) in [4.78, 5) is 6.25. The maximum atomic E-state index is 11.3. The van der Waals surface area contributed by atoms with Crippen LogP contribution in [0.15, 0.2) is 16.1 Å². The van der Waals surface area contributed by atoms with Gasteiger partial charge in [-0.25, -0.2) is 13.4 Å². The molecule has 0 aliphatic carbocycles. The van der Waals surface area contributed by atoms with Gasteiger partial charge in [0.25, 0.3) is 0 Å². The number of likely N-dealkylation sites (tertiary alicyclic amines) is 1. The summed E-state index contributed by atoms with van der Waals surface area (Å²) >= 11 is 2.96. The smallest absolute Gasteiger partial charge is 0.225 e. The van der Waals surface area contributed by atoms with Gasteiger partial charge in [0, 0.05) is 6.54 Å². The summed E-state index contributed by atoms with van der Waals surface area (Å²) in [6, 6.07) is 0. The van der Waals surface area contributed by atoms with Gasteiger partial charge in [-0.2, -0.15) is 0 Å². The maximum absolute atomic E-state index is 11.3. The first-order chi connectivity index (χ1) is 7.08. The van der Waals surface area contributed by atoms with Gasteiger partial charge in [-0.1, -0.05) is 6.42 Å². The highest BCUT2D eigenvalue weighted by atomic mass is 79.9. The normalized spacial score (nSPS) is 26.2. The lowest BCUT2D eigenvalue weighted by Gasteiger charge is -2.25. The van der Waals surface area contributed by atoms with E-state index in [0.29, 0.717) is 12.2 Å². The molecule has 1 saturated heterocycles. The molecule has 0 atom stereocenters. The molecule has 0 aromatic heterocycles. The number of sulfone groups is 1. The van der Waals surface area contributed by atoms with Crippen molar-refractivity contribution in [3.63, 3.8) is 0 Å². The van der Waals surface area contributed by atoms with Crippen LogP contribution in [0.1, 0.15) is 19.3 Å². The van der Waals surface area contributed by atoms with E-state index < -0.39 is 9.84 Å². The fourth-order valence-corrected chi connectivity index (χ4v) is 3.19. The monoisotopic (exact) mass is 292 g/mol. The summed E-state index contributed by atoms with van der Waals surface area (Å²) < 4.78 is 22.7. The number of halogens is 1. The molecule has 0 spiro atoms. The van der Waals surface area contributed by atoms with E-state index in [1.54, 1.807) is 0 Å². The maximum Gasteiger partial charge on any atom is 0.225 e. The Morgan fingerprint density at radius 2 is 2.00 bits per heavy atom. The first kappa shape index (κ1) is 11.3. The minimum atomic E-state index is -3.25. The van der Waals surface area contributed by atoms with Crippen molar-refractivity contribution in [2.45, 2.75) is 19.3 Å². The number of hydrogen-bond acceptors (Lipinski definition) is 4. The second kappa shape index (κ2) is 4.35. The van der Waals surface area contributed by atoms with E-state index in [2.05, 4.69) is 25.8 Å². The van der Waals surface area contributed by atoms with Crippen LogP contribution in [-0.2, 0) is 9.84 Å². The predicted octanol–water partition coefficient (Wildman–Crippen LogP) is 1.49. The summed E-state index contributed by atoms with van der Waals surface area (Å²) in [5, 5.41) is 1.26. The Morgan fingerprint density at radius 1 is 1.33 bits per heavy atom. The quantitative estimate of drug-likeness (QED) is 0.775. The molecule has 2 rings (SSSR count). The van der Waals surface area contributed by atoms with Gasteiger partial charge < -0.3 is 0 Å². The molecule has 1 fully saturated rings. The third kappa shape index (κ3) is 2.68. The van der Waals surface area contributed by atoms with E-state index in [1.165, 1.54) is 24.7 Å². The van der Waals surface area contributed by atoms with Gasteiger partial charge in [0.1, 0.15) is 0 Å². The van der Waals surface area contributed by atoms with Gasteiger partial charge in [-0.3, -0.25) is 4.90 Å². The molecule has 6 heteroatoms. The first-order valence-electron chi connectivity index (χ1n) is 5.00. The number of rotatable bonds is 2. The summed E-state index contributed by atoms with van der Waals surface area (Å²) in [6.07, 6.45) is 3.68. The van der Waals surface area contributed by atoms with Crippen LogP contribution in [0.3, 0.4) is 0 Å². The summed E-state index contributed by atoms with van der Waals surface area (Å²) in [5.41, 5.74) is 0.642. The van der Waals surface area contributed by atoms with Crippen molar-refractivity contribution < 1.29 is 8.42 Å². The molecule has 0 aromatic carbocycles. The highest BCUT2D eigenvalue weighted by Gasteiger charge is 2.23. The molecule has 84 valence electrons. The Kier molecular flexibility index (Phi) is 3.27. The van der Waals surface area contributed by atoms with E-state index >= 15 is 0 Å². The van der Waals surface area contributed by atoms with Gasteiger partial charge in [0.2, 0.25) is 13.8 Å². The summed E-state index contributed by atoms with van der Waals surface area (Å²) in [5.74, 6) is 0. The molecule has 0 radical (unpaired) electrons. The van der Waals surface area contributed by atoms with Crippen LogP contribution in [0, 0.1) is 0 Å². The molecule has 2 heterocycles. The van der Waals surface area contributed by atoms with Crippen LogP contribution in [0.2, 0.25) is 0 Å². The fraction of sp³-hybridized carbons (Fsp3) is 0.667. The van der Waals surface area contributed by atoms with Gasteiger partial charge in [0.15, 0.2) is 0 Å². The third-order valence-corrected chi connectivity index (χ3v) is 5.27. The van der Waals surface area contributed by atoms with E-state index in [1.807, 2.05) is 0 Å². The van der Waals surface area contributed by atoms with Crippen molar-refractivity contribution in [3.8, 4) is 0 Å². The third-order valence-electron chi connectivity index (χ3n) is 2.59. The van der Waals surface area contributed by atoms with Crippen LogP contribution in [0.4, 0.5) is 0 Å². The Morgan fingerprint density at radius 3 is 2.53 bits per heavy atom. The van der Waals surface area contributed by atoms with Crippen LogP contribution in [0.5, 0.6) is 0 Å². The van der Waals surface area contributed by atoms with Crippen LogP contribution < -0.4 is 0 Å². The number of nitrogens with zero attached hydrogens (tertiary/aromatic N) is 2. The van der Waals surface area contributed by atoms with E-state index in [0.717, 1.165) is 13.1 Å². The molecule has 0 N–H and O–H groups in total. The van der Waals surface area contributed by atoms with E-state index in [-0.39, 0.29) is 3.95 Å². The van der Waals surface area contributed by atoms with Crippen molar-refractivity contribution in [1.29, 1.82) is 0 Å². The van der Waals surface area contributed by atoms with E-state index in [9.17, 15) is 8.42 Å². The Labute approximate surface area is 98.1 Å². The molecule has 0 unspecified atom stereocenters. The predicted molar refractivity (Wildman–Crippen MR) is 63.7 cm³/mol. The first-order valence-corrected chi connectivity index (χ1v) is 7.34. The van der Waals surface area contributed by atoms with Crippen LogP contribution in [-0.4, -0.2) is 36.9 Å². The molecule has 0 aromatic rings. The minimum absolute atomic E-state index is 0.0435. The standard InChI is InChI=1S/C9H13BrN2O2S/c10-9-11-8(7-15(9,13)14)6-12-4-2-1-3-5-12/h7H,1-6H2. The Bertz CT molecular complexity index is 408. The Balaban J connectivity index is 2.02. The molecule has 0 saturated carbocycles. The van der Waals surface area contributed by atoms with Crippen molar-refractivity contribution in [1.82, 2.24) is 4.90 Å². The van der Waals surface area contributed by atoms with Crippen molar-refractivity contribution in [2.75, 3.05) is 19.6 Å². The largest absolute Gasteiger partial charge is 0.297 e. The zero-order valence-electron chi connectivity index (χ0n) is 8.32. The number of hydrogen-bond donors (Lipinski definition) is 0. The second-order valence-corrected chi connectivity index (χ2v) is 6.84. The summed E-state index contributed by atoms with van der Waals surface area (Å²) in [7, 11) is -3.25. The zero-order valence-corrected chi connectivity index (χ0v) is 10.7. The molecular weight excluding hydrogens is 280 g/mol. The van der Waals surface area contributed by atoms with Crippen molar-refractivity contribution in [3.05, 3.63) is 11.1 Å². The molecule has 0 bridgehead atoms. The van der Waals surface area contributed by atoms with Crippen LogP contribution in [0.25, 0.3) is 0 Å².